The molecular formula is C21H31N5O3S. The van der Waals surface area contributed by atoms with Gasteiger partial charge in [-0.3, -0.25) is 4.90 Å². The molecule has 1 aromatic carbocycles. The summed E-state index contributed by atoms with van der Waals surface area (Å²) in [4.78, 5) is 2.37. The van der Waals surface area contributed by atoms with Crippen molar-refractivity contribution >= 4 is 16.1 Å². The first kappa shape index (κ1) is 22.5. The van der Waals surface area contributed by atoms with Crippen LogP contribution in [0.1, 0.15) is 37.1 Å². The summed E-state index contributed by atoms with van der Waals surface area (Å²) in [6.45, 7) is 7.29. The van der Waals surface area contributed by atoms with Crippen LogP contribution in [0, 0.1) is 5.92 Å². The molecule has 2 aromatic rings. The minimum absolute atomic E-state index is 0.0693. The van der Waals surface area contributed by atoms with Crippen LogP contribution in [0.25, 0.3) is 6.08 Å². The van der Waals surface area contributed by atoms with Gasteiger partial charge in [-0.1, -0.05) is 38.1 Å². The number of benzene rings is 1. The van der Waals surface area contributed by atoms with Crippen molar-refractivity contribution in [2.45, 2.75) is 32.9 Å². The van der Waals surface area contributed by atoms with Crippen molar-refractivity contribution < 1.29 is 13.2 Å². The minimum atomic E-state index is -3.34. The molecule has 0 bridgehead atoms. The number of hydrogen-bond donors (Lipinski definition) is 1. The van der Waals surface area contributed by atoms with Crippen LogP contribution in [0.15, 0.2) is 30.3 Å². The fourth-order valence-corrected chi connectivity index (χ4v) is 4.41. The molecule has 0 radical (unpaired) electrons. The number of aromatic nitrogens is 3. The van der Waals surface area contributed by atoms with Crippen molar-refractivity contribution in [2.24, 2.45) is 5.92 Å². The molecule has 0 aliphatic carbocycles. The maximum absolute atomic E-state index is 11.8. The molecule has 1 N–H and O–H groups in total. The number of ether oxygens (including phenoxy) is 1. The van der Waals surface area contributed by atoms with E-state index in [9.17, 15) is 8.42 Å². The van der Waals surface area contributed by atoms with E-state index >= 15 is 0 Å². The highest BCUT2D eigenvalue weighted by molar-refractivity contribution is 7.88. The molecule has 1 atom stereocenters. The maximum atomic E-state index is 11.8. The number of nitrogens with one attached hydrogen (secondary N) is 1. The molecule has 0 fully saturated rings. The number of methoxy groups -OCH3 is 1. The van der Waals surface area contributed by atoms with Gasteiger partial charge >= 0.3 is 0 Å². The zero-order valence-electron chi connectivity index (χ0n) is 18.1. The standard InChI is InChI=1S/C21H31N5O3S/c1-16(2)20(24-30(4,27)28)21-23-22-19-11-13-25(14-15-26(19)21)12-5-6-17-7-9-18(29-3)10-8-17/h5-10,16,20,24H,11-15H2,1-4H3/b6-5+/t20-/m0/s1. The SMILES string of the molecule is COc1ccc(/C=C/CN2CCc3nnc([C@@H](NS(C)(=O)=O)C(C)C)n3CC2)cc1. The lowest BCUT2D eigenvalue weighted by Crippen LogP contribution is -2.33. The Balaban J connectivity index is 1.64. The van der Waals surface area contributed by atoms with E-state index in [2.05, 4.69) is 36.5 Å². The highest BCUT2D eigenvalue weighted by Gasteiger charge is 2.28. The van der Waals surface area contributed by atoms with Crippen LogP contribution in [0.2, 0.25) is 0 Å². The number of hydrogen-bond acceptors (Lipinski definition) is 6. The second-order valence-corrected chi connectivity index (χ2v) is 9.74. The maximum Gasteiger partial charge on any atom is 0.209 e. The Morgan fingerprint density at radius 1 is 1.17 bits per heavy atom. The molecular weight excluding hydrogens is 402 g/mol. The Hall–Kier alpha value is -2.23. The first-order chi connectivity index (χ1) is 14.3. The lowest BCUT2D eigenvalue weighted by Gasteiger charge is -2.22. The third-order valence-corrected chi connectivity index (χ3v) is 5.91. The number of fused-ring (bicyclic) bond motifs is 1. The summed E-state index contributed by atoms with van der Waals surface area (Å²) in [6, 6.07) is 7.59. The zero-order chi connectivity index (χ0) is 21.7. The van der Waals surface area contributed by atoms with Crippen LogP contribution in [0.3, 0.4) is 0 Å². The Morgan fingerprint density at radius 3 is 2.53 bits per heavy atom. The highest BCUT2D eigenvalue weighted by atomic mass is 32.2. The van der Waals surface area contributed by atoms with Crippen molar-refractivity contribution in [2.75, 3.05) is 33.0 Å². The first-order valence-corrected chi connectivity index (χ1v) is 12.1. The van der Waals surface area contributed by atoms with Gasteiger partial charge in [-0.25, -0.2) is 13.1 Å². The van der Waals surface area contributed by atoms with Crippen molar-refractivity contribution in [1.82, 2.24) is 24.4 Å². The zero-order valence-corrected chi connectivity index (χ0v) is 18.9. The van der Waals surface area contributed by atoms with Gasteiger partial charge in [-0.05, 0) is 23.6 Å². The largest absolute Gasteiger partial charge is 0.497 e. The van der Waals surface area contributed by atoms with Crippen LogP contribution >= 0.6 is 0 Å². The Labute approximate surface area is 179 Å². The second-order valence-electron chi connectivity index (χ2n) is 7.96. The van der Waals surface area contributed by atoms with E-state index in [1.807, 2.05) is 38.1 Å². The topological polar surface area (TPSA) is 89.3 Å². The summed E-state index contributed by atoms with van der Waals surface area (Å²) < 4.78 is 33.6. The molecule has 1 aromatic heterocycles. The second kappa shape index (κ2) is 9.72. The van der Waals surface area contributed by atoms with Crippen molar-refractivity contribution in [3.8, 4) is 5.75 Å². The van der Waals surface area contributed by atoms with E-state index in [0.29, 0.717) is 5.82 Å². The minimum Gasteiger partial charge on any atom is -0.497 e. The highest BCUT2D eigenvalue weighted by Crippen LogP contribution is 2.23. The summed E-state index contributed by atoms with van der Waals surface area (Å²) in [5.41, 5.74) is 1.14. The average molecular weight is 434 g/mol. The van der Waals surface area contributed by atoms with E-state index < -0.39 is 10.0 Å². The summed E-state index contributed by atoms with van der Waals surface area (Å²) in [5, 5.41) is 8.68. The van der Waals surface area contributed by atoms with Crippen LogP contribution in [-0.4, -0.2) is 61.1 Å². The predicted octanol–water partition coefficient (Wildman–Crippen LogP) is 2.10. The Bertz CT molecular complexity index is 967. The number of nitrogens with zero attached hydrogens (tertiary/aromatic N) is 4. The third kappa shape index (κ3) is 5.90. The van der Waals surface area contributed by atoms with E-state index in [1.54, 1.807) is 7.11 Å². The Morgan fingerprint density at radius 2 is 1.90 bits per heavy atom. The van der Waals surface area contributed by atoms with E-state index in [0.717, 1.165) is 49.7 Å². The lowest BCUT2D eigenvalue weighted by atomic mass is 10.1. The summed E-state index contributed by atoms with van der Waals surface area (Å²) in [5.74, 6) is 2.53. The molecule has 0 saturated heterocycles. The molecule has 0 spiro atoms. The molecule has 2 heterocycles. The van der Waals surface area contributed by atoms with Crippen LogP contribution < -0.4 is 9.46 Å². The average Bonchev–Trinajstić information content (AvgIpc) is 2.99. The lowest BCUT2D eigenvalue weighted by molar-refractivity contribution is 0.305. The fraction of sp³-hybridized carbons (Fsp3) is 0.524. The summed E-state index contributed by atoms with van der Waals surface area (Å²) in [6.07, 6.45) is 6.24. The third-order valence-electron chi connectivity index (χ3n) is 5.22. The smallest absolute Gasteiger partial charge is 0.209 e. The molecule has 0 saturated carbocycles. The first-order valence-electron chi connectivity index (χ1n) is 10.2. The van der Waals surface area contributed by atoms with Gasteiger partial charge in [0.05, 0.1) is 19.4 Å². The summed E-state index contributed by atoms with van der Waals surface area (Å²) >= 11 is 0. The predicted molar refractivity (Wildman–Crippen MR) is 118 cm³/mol. The van der Waals surface area contributed by atoms with Crippen LogP contribution in [0.5, 0.6) is 5.75 Å². The van der Waals surface area contributed by atoms with Crippen LogP contribution in [0.4, 0.5) is 0 Å². The monoisotopic (exact) mass is 433 g/mol. The van der Waals surface area contributed by atoms with Gasteiger partial charge in [0.2, 0.25) is 10.0 Å². The van der Waals surface area contributed by atoms with Gasteiger partial charge in [-0.2, -0.15) is 0 Å². The molecule has 30 heavy (non-hydrogen) atoms. The molecule has 0 amide bonds. The van der Waals surface area contributed by atoms with Crippen molar-refractivity contribution in [3.63, 3.8) is 0 Å². The summed E-state index contributed by atoms with van der Waals surface area (Å²) in [7, 11) is -1.68. The van der Waals surface area contributed by atoms with E-state index in [4.69, 9.17) is 4.74 Å². The van der Waals surface area contributed by atoms with Gasteiger partial charge in [0.1, 0.15) is 11.6 Å². The molecule has 3 rings (SSSR count). The number of rotatable bonds is 8. The normalized spacial score (nSPS) is 16.6. The van der Waals surface area contributed by atoms with Gasteiger partial charge in [0.15, 0.2) is 5.82 Å². The quantitative estimate of drug-likeness (QED) is 0.686. The van der Waals surface area contributed by atoms with Gasteiger partial charge < -0.3 is 9.30 Å². The van der Waals surface area contributed by atoms with E-state index in [1.165, 1.54) is 6.26 Å². The molecule has 9 heteroatoms. The molecule has 0 unspecified atom stereocenters. The molecule has 1 aliphatic heterocycles. The van der Waals surface area contributed by atoms with Crippen LogP contribution in [-0.2, 0) is 23.0 Å². The number of sulfonamides is 1. The van der Waals surface area contributed by atoms with Gasteiger partial charge in [0, 0.05) is 32.6 Å². The molecule has 164 valence electrons. The van der Waals surface area contributed by atoms with Crippen molar-refractivity contribution in [1.29, 1.82) is 0 Å². The van der Waals surface area contributed by atoms with Crippen molar-refractivity contribution in [3.05, 3.63) is 47.6 Å². The van der Waals surface area contributed by atoms with Gasteiger partial charge in [-0.15, -0.1) is 10.2 Å². The molecule has 8 nitrogen and oxygen atoms in total. The fourth-order valence-electron chi connectivity index (χ4n) is 3.57. The van der Waals surface area contributed by atoms with Gasteiger partial charge in [0.25, 0.3) is 0 Å². The Kier molecular flexibility index (Phi) is 7.27. The van der Waals surface area contributed by atoms with E-state index in [-0.39, 0.29) is 12.0 Å². The molecule has 1 aliphatic rings.